The van der Waals surface area contributed by atoms with E-state index < -0.39 is 0 Å². The number of hydrogen-bond acceptors (Lipinski definition) is 10. The van der Waals surface area contributed by atoms with Gasteiger partial charge in [-0.2, -0.15) is 0 Å². The molecular weight excluding hydrogens is 460 g/mol. The fourth-order valence-electron chi connectivity index (χ4n) is 3.01. The van der Waals surface area contributed by atoms with Crippen molar-refractivity contribution >= 4 is 23.5 Å². The second-order valence-electron chi connectivity index (χ2n) is 6.86. The second-order valence-corrected chi connectivity index (χ2v) is 8.98. The highest BCUT2D eigenvalue weighted by Crippen LogP contribution is 2.26. The molecule has 0 aliphatic heterocycles. The van der Waals surface area contributed by atoms with Crippen molar-refractivity contribution in [1.82, 2.24) is 29.7 Å². The lowest BCUT2D eigenvalue weighted by Gasteiger charge is -2.05. The van der Waals surface area contributed by atoms with Crippen LogP contribution in [0.4, 0.5) is 0 Å². The highest BCUT2D eigenvalue weighted by molar-refractivity contribution is 8.00. The number of thioether (sulfide) groups is 2. The van der Waals surface area contributed by atoms with Crippen LogP contribution >= 0.6 is 23.5 Å². The molecule has 0 amide bonds. The van der Waals surface area contributed by atoms with E-state index in [1.807, 2.05) is 48.5 Å². The second kappa shape index (κ2) is 10.5. The summed E-state index contributed by atoms with van der Waals surface area (Å²) in [4.78, 5) is 0. The van der Waals surface area contributed by atoms with Crippen molar-refractivity contribution in [2.75, 3.05) is 37.4 Å². The van der Waals surface area contributed by atoms with E-state index in [1.54, 1.807) is 37.7 Å². The summed E-state index contributed by atoms with van der Waals surface area (Å²) in [5.74, 6) is 16.8. The van der Waals surface area contributed by atoms with Crippen LogP contribution in [0.25, 0.3) is 22.8 Å². The fourth-order valence-corrected chi connectivity index (χ4v) is 4.78. The largest absolute Gasteiger partial charge is 0.497 e. The minimum absolute atomic E-state index is 0.608. The summed E-state index contributed by atoms with van der Waals surface area (Å²) in [6, 6.07) is 15.1. The SMILES string of the molecule is COc1ccc(-c2nnc(SCCCSc3nnc(-c4ccc(OC)cc4)n3N)n2N)cc1. The van der Waals surface area contributed by atoms with Crippen molar-refractivity contribution in [2.45, 2.75) is 16.7 Å². The van der Waals surface area contributed by atoms with Gasteiger partial charge in [0, 0.05) is 22.6 Å². The van der Waals surface area contributed by atoms with Gasteiger partial charge in [-0.25, -0.2) is 9.35 Å². The van der Waals surface area contributed by atoms with Gasteiger partial charge in [0.15, 0.2) is 11.6 Å². The predicted molar refractivity (Wildman–Crippen MR) is 130 cm³/mol. The van der Waals surface area contributed by atoms with Crippen LogP contribution in [0.15, 0.2) is 58.8 Å². The lowest BCUT2D eigenvalue weighted by atomic mass is 10.2. The van der Waals surface area contributed by atoms with Crippen LogP contribution < -0.4 is 21.2 Å². The maximum absolute atomic E-state index is 6.20. The van der Waals surface area contributed by atoms with Crippen molar-refractivity contribution in [3.8, 4) is 34.3 Å². The predicted octanol–water partition coefficient (Wildman–Crippen LogP) is 2.92. The number of aromatic nitrogens is 6. The Kier molecular flexibility index (Phi) is 7.25. The van der Waals surface area contributed by atoms with E-state index in [-0.39, 0.29) is 0 Å². The molecule has 0 saturated heterocycles. The minimum Gasteiger partial charge on any atom is -0.497 e. The summed E-state index contributed by atoms with van der Waals surface area (Å²) in [6.07, 6.45) is 0.908. The Hall–Kier alpha value is -3.38. The van der Waals surface area contributed by atoms with E-state index in [9.17, 15) is 0 Å². The molecule has 0 spiro atoms. The number of ether oxygens (including phenoxy) is 2. The number of benzene rings is 2. The van der Waals surface area contributed by atoms with Crippen LogP contribution in [-0.2, 0) is 0 Å². The molecule has 4 aromatic rings. The average Bonchev–Trinajstić information content (AvgIpc) is 3.41. The molecule has 0 bridgehead atoms. The lowest BCUT2D eigenvalue weighted by molar-refractivity contribution is 0.414. The molecule has 0 unspecified atom stereocenters. The van der Waals surface area contributed by atoms with Crippen LogP contribution in [0, 0.1) is 0 Å². The molecule has 0 radical (unpaired) electrons. The molecule has 4 rings (SSSR count). The molecule has 0 fully saturated rings. The fraction of sp³-hybridized carbons (Fsp3) is 0.238. The van der Waals surface area contributed by atoms with Crippen LogP contribution in [0.3, 0.4) is 0 Å². The number of nitrogens with two attached hydrogens (primary N) is 2. The van der Waals surface area contributed by atoms with Gasteiger partial charge < -0.3 is 21.2 Å². The number of methoxy groups -OCH3 is 2. The highest BCUT2D eigenvalue weighted by atomic mass is 32.2. The molecule has 0 aliphatic carbocycles. The third kappa shape index (κ3) is 5.17. The molecule has 12 heteroatoms. The van der Waals surface area contributed by atoms with Gasteiger partial charge in [0.25, 0.3) is 0 Å². The maximum atomic E-state index is 6.20. The molecule has 2 aromatic heterocycles. The molecule has 0 atom stereocenters. The number of rotatable bonds is 10. The highest BCUT2D eigenvalue weighted by Gasteiger charge is 2.14. The number of nitrogens with zero attached hydrogens (tertiary/aromatic N) is 6. The van der Waals surface area contributed by atoms with E-state index >= 15 is 0 Å². The van der Waals surface area contributed by atoms with Crippen molar-refractivity contribution in [2.24, 2.45) is 0 Å². The van der Waals surface area contributed by atoms with Crippen molar-refractivity contribution in [3.05, 3.63) is 48.5 Å². The Morgan fingerprint density at radius 3 is 1.42 bits per heavy atom. The van der Waals surface area contributed by atoms with Gasteiger partial charge in [0.05, 0.1) is 14.2 Å². The van der Waals surface area contributed by atoms with Gasteiger partial charge in [0.1, 0.15) is 11.5 Å². The standard InChI is InChI=1S/C21H24N8O2S2/c1-30-16-8-4-14(5-9-16)18-24-26-20(28(18)22)32-12-3-13-33-21-27-25-19(29(21)23)15-6-10-17(31-2)11-7-15/h4-11H,3,12-13,22-23H2,1-2H3. The molecule has 33 heavy (non-hydrogen) atoms. The quantitative estimate of drug-likeness (QED) is 0.197. The summed E-state index contributed by atoms with van der Waals surface area (Å²) in [6.45, 7) is 0. The van der Waals surface area contributed by atoms with Crippen molar-refractivity contribution in [3.63, 3.8) is 0 Å². The molecule has 2 aromatic carbocycles. The molecule has 172 valence electrons. The van der Waals surface area contributed by atoms with Gasteiger partial charge in [-0.15, -0.1) is 20.4 Å². The third-order valence-corrected chi connectivity index (χ3v) is 6.84. The first-order chi connectivity index (χ1) is 16.1. The zero-order chi connectivity index (χ0) is 23.2. The monoisotopic (exact) mass is 484 g/mol. The van der Waals surface area contributed by atoms with E-state index in [1.165, 1.54) is 9.35 Å². The van der Waals surface area contributed by atoms with E-state index in [4.69, 9.17) is 21.2 Å². The molecule has 0 saturated carbocycles. The zero-order valence-electron chi connectivity index (χ0n) is 18.2. The van der Waals surface area contributed by atoms with E-state index in [0.29, 0.717) is 22.0 Å². The number of hydrogen-bond donors (Lipinski definition) is 2. The smallest absolute Gasteiger partial charge is 0.210 e. The van der Waals surface area contributed by atoms with Crippen LogP contribution in [-0.4, -0.2) is 55.5 Å². The summed E-state index contributed by atoms with van der Waals surface area (Å²) in [7, 11) is 3.26. The minimum atomic E-state index is 0.608. The Labute approximate surface area is 199 Å². The van der Waals surface area contributed by atoms with Gasteiger partial charge >= 0.3 is 0 Å². The molecule has 2 heterocycles. The zero-order valence-corrected chi connectivity index (χ0v) is 19.8. The summed E-state index contributed by atoms with van der Waals surface area (Å²) in [5.41, 5.74) is 1.76. The first-order valence-corrected chi connectivity index (χ1v) is 12.0. The Balaban J connectivity index is 1.28. The van der Waals surface area contributed by atoms with Crippen molar-refractivity contribution in [1.29, 1.82) is 0 Å². The van der Waals surface area contributed by atoms with Crippen molar-refractivity contribution < 1.29 is 9.47 Å². The summed E-state index contributed by atoms with van der Waals surface area (Å²) >= 11 is 3.11. The molecule has 4 N–H and O–H groups in total. The third-order valence-electron chi connectivity index (χ3n) is 4.78. The maximum Gasteiger partial charge on any atom is 0.210 e. The van der Waals surface area contributed by atoms with Crippen LogP contribution in [0.2, 0.25) is 0 Å². The lowest BCUT2D eigenvalue weighted by Crippen LogP contribution is -2.12. The van der Waals surface area contributed by atoms with Gasteiger partial charge in [0.2, 0.25) is 10.3 Å². The van der Waals surface area contributed by atoms with Gasteiger partial charge in [-0.05, 0) is 55.0 Å². The Morgan fingerprint density at radius 2 is 1.06 bits per heavy atom. The molecule has 10 nitrogen and oxygen atoms in total. The topological polar surface area (TPSA) is 132 Å². The first kappa shape index (κ1) is 22.8. The molecular formula is C21H24N8O2S2. The number of nitrogen functional groups attached to an aromatic ring is 2. The Bertz CT molecular complexity index is 1100. The van der Waals surface area contributed by atoms with Crippen LogP contribution in [0.5, 0.6) is 11.5 Å². The van der Waals surface area contributed by atoms with E-state index in [0.717, 1.165) is 40.6 Å². The van der Waals surface area contributed by atoms with E-state index in [2.05, 4.69) is 20.4 Å². The Morgan fingerprint density at radius 1 is 0.667 bits per heavy atom. The normalized spacial score (nSPS) is 11.0. The molecule has 0 aliphatic rings. The summed E-state index contributed by atoms with van der Waals surface area (Å²) < 4.78 is 13.4. The van der Waals surface area contributed by atoms with Crippen LogP contribution in [0.1, 0.15) is 6.42 Å². The van der Waals surface area contributed by atoms with Gasteiger partial charge in [-0.1, -0.05) is 23.5 Å². The average molecular weight is 485 g/mol. The van der Waals surface area contributed by atoms with Gasteiger partial charge in [-0.3, -0.25) is 0 Å². The summed E-state index contributed by atoms with van der Waals surface area (Å²) in [5, 5.41) is 18.2. The first-order valence-electron chi connectivity index (χ1n) is 10.1.